The van der Waals surface area contributed by atoms with Crippen molar-refractivity contribution in [3.63, 3.8) is 0 Å². The number of carbonyl (C=O) groups excluding carboxylic acids is 1. The second-order valence-electron chi connectivity index (χ2n) is 8.20. The van der Waals surface area contributed by atoms with Gasteiger partial charge in [0.05, 0.1) is 39.6 Å². The first-order valence-electron chi connectivity index (χ1n) is 11.7. The minimum absolute atomic E-state index is 0.267. The van der Waals surface area contributed by atoms with Crippen molar-refractivity contribution >= 4 is 11.9 Å². The van der Waals surface area contributed by atoms with E-state index in [9.17, 15) is 4.79 Å². The number of nitrogens with zero attached hydrogens (tertiary/aromatic N) is 2. The Balaban J connectivity index is 1.54. The summed E-state index contributed by atoms with van der Waals surface area (Å²) in [5.41, 5.74) is 1.38. The van der Waals surface area contributed by atoms with Gasteiger partial charge in [0, 0.05) is 26.2 Å². The molecule has 0 amide bonds. The highest BCUT2D eigenvalue weighted by Gasteiger charge is 2.24. The molecule has 0 radical (unpaired) electrons. The van der Waals surface area contributed by atoms with Gasteiger partial charge in [-0.15, -0.1) is 0 Å². The van der Waals surface area contributed by atoms with Crippen LogP contribution in [-0.2, 0) is 20.8 Å². The Kier molecular flexibility index (Phi) is 9.62. The van der Waals surface area contributed by atoms with Crippen molar-refractivity contribution in [3.8, 4) is 5.75 Å². The van der Waals surface area contributed by atoms with E-state index in [1.54, 1.807) is 13.2 Å². The molecule has 8 heteroatoms. The quantitative estimate of drug-likeness (QED) is 0.373. The molecule has 1 aromatic rings. The van der Waals surface area contributed by atoms with Crippen LogP contribution >= 0.6 is 0 Å². The third-order valence-electron chi connectivity index (χ3n) is 5.95. The molecular weight excluding hydrogens is 410 g/mol. The normalized spacial score (nSPS) is 20.2. The van der Waals surface area contributed by atoms with Crippen LogP contribution in [0.3, 0.4) is 0 Å². The molecule has 2 heterocycles. The first-order chi connectivity index (χ1) is 15.6. The van der Waals surface area contributed by atoms with E-state index in [2.05, 4.69) is 17.1 Å². The number of esters is 1. The van der Waals surface area contributed by atoms with Gasteiger partial charge < -0.3 is 29.2 Å². The predicted molar refractivity (Wildman–Crippen MR) is 123 cm³/mol. The number of benzene rings is 1. The average Bonchev–Trinajstić information content (AvgIpc) is 2.85. The van der Waals surface area contributed by atoms with Gasteiger partial charge >= 0.3 is 5.97 Å². The zero-order chi connectivity index (χ0) is 22.8. The topological polar surface area (TPSA) is 81.6 Å². The number of rotatable bonds is 8. The number of hydrogen-bond donors (Lipinski definition) is 1. The third-order valence-corrected chi connectivity index (χ3v) is 5.95. The minimum atomic E-state index is -0.412. The Hall–Kier alpha value is -2.32. The van der Waals surface area contributed by atoms with E-state index < -0.39 is 5.97 Å². The lowest BCUT2D eigenvalue weighted by molar-refractivity contribution is -0.0721. The minimum Gasteiger partial charge on any atom is -0.496 e. The van der Waals surface area contributed by atoms with Crippen LogP contribution in [-0.4, -0.2) is 76.1 Å². The summed E-state index contributed by atoms with van der Waals surface area (Å²) >= 11 is 0. The Morgan fingerprint density at radius 1 is 1.22 bits per heavy atom. The molecule has 1 unspecified atom stereocenters. The average molecular weight is 448 g/mol. The Bertz CT molecular complexity index is 756. The van der Waals surface area contributed by atoms with Crippen LogP contribution in [0, 0.1) is 0 Å². The Labute approximate surface area is 191 Å². The number of methoxy groups -OCH3 is 2. The highest BCUT2D eigenvalue weighted by molar-refractivity contribution is 5.92. The predicted octanol–water partition coefficient (Wildman–Crippen LogP) is 3.00. The molecule has 0 aromatic heterocycles. The maximum Gasteiger partial charge on any atom is 0.341 e. The van der Waals surface area contributed by atoms with Crippen LogP contribution in [0.25, 0.3) is 0 Å². The number of guanidine groups is 1. The number of hydrogen-bond acceptors (Lipinski definition) is 6. The molecule has 0 aliphatic carbocycles. The van der Waals surface area contributed by atoms with Gasteiger partial charge in [-0.25, -0.2) is 9.79 Å². The molecule has 0 bridgehead atoms. The molecule has 0 saturated carbocycles. The maximum absolute atomic E-state index is 11.9. The summed E-state index contributed by atoms with van der Waals surface area (Å²) in [4.78, 5) is 19.0. The molecule has 0 spiro atoms. The summed E-state index contributed by atoms with van der Waals surface area (Å²) in [6, 6.07) is 5.45. The number of ether oxygens (including phenoxy) is 4. The number of nitrogens with one attached hydrogen (secondary N) is 1. The second kappa shape index (κ2) is 12.6. The lowest BCUT2D eigenvalue weighted by atomic mass is 10.1. The Morgan fingerprint density at radius 2 is 2.03 bits per heavy atom. The highest BCUT2D eigenvalue weighted by Crippen LogP contribution is 2.22. The van der Waals surface area contributed by atoms with Gasteiger partial charge in [0.15, 0.2) is 5.96 Å². The maximum atomic E-state index is 11.9. The molecule has 3 rings (SSSR count). The van der Waals surface area contributed by atoms with Crippen molar-refractivity contribution in [2.24, 2.45) is 4.99 Å². The molecule has 2 aliphatic heterocycles. The fourth-order valence-corrected chi connectivity index (χ4v) is 4.12. The number of aliphatic imine (C=N–C) groups is 1. The molecule has 2 saturated heterocycles. The summed E-state index contributed by atoms with van der Waals surface area (Å²) in [7, 11) is 2.91. The van der Waals surface area contributed by atoms with Crippen molar-refractivity contribution in [1.82, 2.24) is 10.2 Å². The van der Waals surface area contributed by atoms with Crippen LogP contribution in [0.5, 0.6) is 5.75 Å². The third kappa shape index (κ3) is 6.84. The first-order valence-corrected chi connectivity index (χ1v) is 11.7. The number of piperidine rings is 1. The largest absolute Gasteiger partial charge is 0.496 e. The van der Waals surface area contributed by atoms with Crippen LogP contribution in [0.4, 0.5) is 0 Å². The van der Waals surface area contributed by atoms with E-state index in [0.717, 1.165) is 57.0 Å². The summed E-state index contributed by atoms with van der Waals surface area (Å²) in [6.45, 7) is 6.77. The van der Waals surface area contributed by atoms with Gasteiger partial charge in [0.2, 0.25) is 0 Å². The van der Waals surface area contributed by atoms with Crippen LogP contribution in [0.15, 0.2) is 23.2 Å². The molecule has 1 atom stereocenters. The van der Waals surface area contributed by atoms with Crippen molar-refractivity contribution in [1.29, 1.82) is 0 Å². The van der Waals surface area contributed by atoms with E-state index in [-0.39, 0.29) is 12.2 Å². The molecule has 1 N–H and O–H groups in total. The van der Waals surface area contributed by atoms with Crippen molar-refractivity contribution < 1.29 is 23.7 Å². The molecule has 2 aliphatic rings. The van der Waals surface area contributed by atoms with Crippen molar-refractivity contribution in [2.45, 2.75) is 57.8 Å². The zero-order valence-corrected chi connectivity index (χ0v) is 19.6. The van der Waals surface area contributed by atoms with E-state index in [1.807, 2.05) is 12.1 Å². The number of likely N-dealkylation sites (tertiary alicyclic amines) is 1. The summed E-state index contributed by atoms with van der Waals surface area (Å²) in [5.74, 6) is 0.984. The van der Waals surface area contributed by atoms with Crippen molar-refractivity contribution in [3.05, 3.63) is 29.3 Å². The summed E-state index contributed by atoms with van der Waals surface area (Å²) in [6.07, 6.45) is 6.05. The van der Waals surface area contributed by atoms with Gasteiger partial charge in [-0.2, -0.15) is 0 Å². The lowest BCUT2D eigenvalue weighted by Gasteiger charge is -2.35. The Morgan fingerprint density at radius 3 is 2.69 bits per heavy atom. The van der Waals surface area contributed by atoms with Gasteiger partial charge in [0.25, 0.3) is 0 Å². The second-order valence-corrected chi connectivity index (χ2v) is 8.20. The standard InChI is InChI=1S/C24H37N3O5/c1-4-25-24(26-16-18-8-9-21(23(28)30-3)22(15-18)29-2)27-12-10-19(11-13-27)32-17-20-7-5-6-14-31-20/h8-9,15,19-20H,4-7,10-14,16-17H2,1-3H3,(H,25,26). The fourth-order valence-electron chi connectivity index (χ4n) is 4.12. The fraction of sp³-hybridized carbons (Fsp3) is 0.667. The molecule has 8 nitrogen and oxygen atoms in total. The summed E-state index contributed by atoms with van der Waals surface area (Å²) in [5, 5.41) is 3.40. The number of carbonyl (C=O) groups is 1. The zero-order valence-electron chi connectivity index (χ0n) is 19.6. The van der Waals surface area contributed by atoms with Gasteiger partial charge in [-0.3, -0.25) is 0 Å². The van der Waals surface area contributed by atoms with E-state index in [0.29, 0.717) is 24.5 Å². The van der Waals surface area contributed by atoms with Crippen LogP contribution in [0.2, 0.25) is 0 Å². The van der Waals surface area contributed by atoms with Crippen LogP contribution < -0.4 is 10.1 Å². The van der Waals surface area contributed by atoms with Gasteiger partial charge in [0.1, 0.15) is 11.3 Å². The molecule has 1 aromatic carbocycles. The van der Waals surface area contributed by atoms with Gasteiger partial charge in [-0.05, 0) is 56.7 Å². The first kappa shape index (κ1) is 24.3. The smallest absolute Gasteiger partial charge is 0.341 e. The monoisotopic (exact) mass is 447 g/mol. The van der Waals surface area contributed by atoms with Crippen molar-refractivity contribution in [2.75, 3.05) is 47.1 Å². The molecule has 178 valence electrons. The van der Waals surface area contributed by atoms with Crippen LogP contribution in [0.1, 0.15) is 54.9 Å². The highest BCUT2D eigenvalue weighted by atomic mass is 16.5. The van der Waals surface area contributed by atoms with E-state index in [1.165, 1.54) is 20.0 Å². The molecule has 32 heavy (non-hydrogen) atoms. The molecular formula is C24H37N3O5. The van der Waals surface area contributed by atoms with E-state index in [4.69, 9.17) is 23.9 Å². The SMILES string of the molecule is CCNC(=NCc1ccc(C(=O)OC)c(OC)c1)N1CCC(OCC2CCCCO2)CC1. The molecule has 2 fully saturated rings. The van der Waals surface area contributed by atoms with E-state index >= 15 is 0 Å². The summed E-state index contributed by atoms with van der Waals surface area (Å²) < 4.78 is 22.1. The lowest BCUT2D eigenvalue weighted by Crippen LogP contribution is -2.47. The van der Waals surface area contributed by atoms with Gasteiger partial charge in [-0.1, -0.05) is 6.07 Å².